The SMILES string of the molecule is CCCCOc1nc(N)c2[nH]c(=O)n(CCCCNS(=O)(=O)c3ccc(CC(C)C(=O)O)cc3)c2n1. The Morgan fingerprint density at radius 2 is 1.94 bits per heavy atom. The summed E-state index contributed by atoms with van der Waals surface area (Å²) in [5.41, 5.74) is 7.00. The number of H-pyrrole nitrogens is 1. The highest BCUT2D eigenvalue weighted by Gasteiger charge is 2.17. The summed E-state index contributed by atoms with van der Waals surface area (Å²) in [7, 11) is -3.72. The first-order valence-corrected chi connectivity index (χ1v) is 13.3. The second kappa shape index (κ2) is 12.0. The summed E-state index contributed by atoms with van der Waals surface area (Å²) in [5, 5.41) is 9.02. The number of carboxylic acid groups (broad SMARTS) is 1. The third kappa shape index (κ3) is 6.82. The van der Waals surface area contributed by atoms with Gasteiger partial charge in [0, 0.05) is 13.1 Å². The summed E-state index contributed by atoms with van der Waals surface area (Å²) in [6.45, 7) is 4.57. The number of imidazole rings is 1. The van der Waals surface area contributed by atoms with Crippen LogP contribution in [0, 0.1) is 5.92 Å². The minimum Gasteiger partial charge on any atom is -0.481 e. The largest absolute Gasteiger partial charge is 0.481 e. The number of nitrogens with two attached hydrogens (primary N) is 1. The maximum atomic E-state index is 12.6. The van der Waals surface area contributed by atoms with Crippen LogP contribution in [-0.4, -0.2) is 52.2 Å². The third-order valence-corrected chi connectivity index (χ3v) is 7.13. The van der Waals surface area contributed by atoms with E-state index in [-0.39, 0.29) is 29.0 Å². The van der Waals surface area contributed by atoms with E-state index in [1.807, 2.05) is 6.92 Å². The van der Waals surface area contributed by atoms with Gasteiger partial charge in [-0.3, -0.25) is 9.36 Å². The van der Waals surface area contributed by atoms with Crippen molar-refractivity contribution >= 4 is 33.0 Å². The number of fused-ring (bicyclic) bond motifs is 1. The molecule has 0 saturated carbocycles. The van der Waals surface area contributed by atoms with E-state index in [0.29, 0.717) is 43.6 Å². The third-order valence-electron chi connectivity index (χ3n) is 5.66. The molecule has 1 unspecified atom stereocenters. The molecule has 1 aromatic carbocycles. The Bertz CT molecular complexity index is 1350. The van der Waals surface area contributed by atoms with Gasteiger partial charge in [-0.2, -0.15) is 9.97 Å². The number of aliphatic carboxylic acids is 1. The first kappa shape index (κ1) is 27.1. The van der Waals surface area contributed by atoms with Crippen LogP contribution in [0.4, 0.5) is 5.82 Å². The van der Waals surface area contributed by atoms with Crippen LogP contribution in [0.1, 0.15) is 45.1 Å². The molecule has 196 valence electrons. The zero-order chi connectivity index (χ0) is 26.3. The van der Waals surface area contributed by atoms with Gasteiger partial charge in [-0.05, 0) is 43.4 Å². The molecule has 2 heterocycles. The van der Waals surface area contributed by atoms with E-state index in [2.05, 4.69) is 19.7 Å². The summed E-state index contributed by atoms with van der Waals surface area (Å²) in [6.07, 6.45) is 3.10. The van der Waals surface area contributed by atoms with Crippen LogP contribution in [0.25, 0.3) is 11.2 Å². The van der Waals surface area contributed by atoms with Crippen molar-refractivity contribution in [2.75, 3.05) is 18.9 Å². The first-order valence-electron chi connectivity index (χ1n) is 11.8. The van der Waals surface area contributed by atoms with E-state index >= 15 is 0 Å². The average molecular weight is 521 g/mol. The molecule has 0 saturated heterocycles. The number of nitrogens with zero attached hydrogens (tertiary/aromatic N) is 3. The molecule has 0 aliphatic carbocycles. The number of anilines is 1. The van der Waals surface area contributed by atoms with Crippen molar-refractivity contribution in [3.8, 4) is 6.01 Å². The van der Waals surface area contributed by atoms with E-state index in [0.717, 1.165) is 18.4 Å². The summed E-state index contributed by atoms with van der Waals surface area (Å²) in [4.78, 5) is 34.5. The molecule has 0 aliphatic rings. The van der Waals surface area contributed by atoms with E-state index in [9.17, 15) is 18.0 Å². The lowest BCUT2D eigenvalue weighted by molar-refractivity contribution is -0.141. The van der Waals surface area contributed by atoms with Crippen LogP contribution in [-0.2, 0) is 27.8 Å². The maximum absolute atomic E-state index is 12.6. The molecule has 2 aromatic heterocycles. The second-order valence-corrected chi connectivity index (χ2v) is 10.3. The van der Waals surface area contributed by atoms with Gasteiger partial charge >= 0.3 is 17.7 Å². The number of rotatable bonds is 14. The second-order valence-electron chi connectivity index (χ2n) is 8.57. The van der Waals surface area contributed by atoms with Gasteiger partial charge in [0.1, 0.15) is 5.52 Å². The van der Waals surface area contributed by atoms with Crippen molar-refractivity contribution in [3.63, 3.8) is 0 Å². The van der Waals surface area contributed by atoms with E-state index in [4.69, 9.17) is 15.6 Å². The van der Waals surface area contributed by atoms with E-state index in [1.54, 1.807) is 19.1 Å². The lowest BCUT2D eigenvalue weighted by atomic mass is 10.0. The number of ether oxygens (including phenoxy) is 1. The number of nitrogen functional groups attached to an aromatic ring is 1. The maximum Gasteiger partial charge on any atom is 0.327 e. The summed E-state index contributed by atoms with van der Waals surface area (Å²) < 4.78 is 34.6. The van der Waals surface area contributed by atoms with Crippen LogP contribution in [0.5, 0.6) is 6.01 Å². The smallest absolute Gasteiger partial charge is 0.327 e. The highest BCUT2D eigenvalue weighted by Crippen LogP contribution is 2.18. The highest BCUT2D eigenvalue weighted by atomic mass is 32.2. The van der Waals surface area contributed by atoms with Crippen molar-refractivity contribution in [2.24, 2.45) is 5.92 Å². The number of carbonyl (C=O) groups is 1. The number of benzene rings is 1. The number of hydrogen-bond donors (Lipinski definition) is 4. The predicted octanol–water partition coefficient (Wildman–Crippen LogP) is 1.90. The normalized spacial score (nSPS) is 12.6. The van der Waals surface area contributed by atoms with E-state index in [1.165, 1.54) is 16.7 Å². The standard InChI is InChI=1S/C23H32N6O6S/c1-3-4-13-35-22-27-19(24)18-20(28-22)29(23(32)26-18)12-6-5-11-25-36(33,34)17-9-7-16(8-10-17)14-15(2)21(30)31/h7-10,15,25H,3-6,11-14H2,1-2H3,(H,26,32)(H,30,31)(H2,24,27,28). The van der Waals surface area contributed by atoms with Gasteiger partial charge in [-0.15, -0.1) is 0 Å². The van der Waals surface area contributed by atoms with Gasteiger partial charge in [0.2, 0.25) is 10.0 Å². The van der Waals surface area contributed by atoms with Crippen LogP contribution in [0.15, 0.2) is 34.0 Å². The number of unbranched alkanes of at least 4 members (excludes halogenated alkanes) is 2. The zero-order valence-electron chi connectivity index (χ0n) is 20.4. The van der Waals surface area contributed by atoms with Gasteiger partial charge in [0.25, 0.3) is 0 Å². The first-order chi connectivity index (χ1) is 17.1. The molecule has 0 radical (unpaired) electrons. The fraction of sp³-hybridized carbons (Fsp3) is 0.478. The van der Waals surface area contributed by atoms with Gasteiger partial charge in [-0.1, -0.05) is 32.4 Å². The zero-order valence-corrected chi connectivity index (χ0v) is 21.2. The number of nitrogens with one attached hydrogen (secondary N) is 2. The Morgan fingerprint density at radius 1 is 1.22 bits per heavy atom. The molecule has 12 nitrogen and oxygen atoms in total. The molecular formula is C23H32N6O6S. The van der Waals surface area contributed by atoms with Crippen LogP contribution < -0.4 is 20.9 Å². The van der Waals surface area contributed by atoms with Crippen LogP contribution in [0.2, 0.25) is 0 Å². The number of aromatic nitrogens is 4. The molecular weight excluding hydrogens is 488 g/mol. The quantitative estimate of drug-likeness (QED) is 0.231. The average Bonchev–Trinajstić information content (AvgIpc) is 3.15. The van der Waals surface area contributed by atoms with Crippen LogP contribution >= 0.6 is 0 Å². The Balaban J connectivity index is 1.56. The highest BCUT2D eigenvalue weighted by molar-refractivity contribution is 7.89. The number of sulfonamides is 1. The van der Waals surface area contributed by atoms with Crippen molar-refractivity contribution in [1.29, 1.82) is 0 Å². The molecule has 5 N–H and O–H groups in total. The Labute approximate surface area is 209 Å². The molecule has 13 heteroatoms. The van der Waals surface area contributed by atoms with Crippen molar-refractivity contribution in [3.05, 3.63) is 40.3 Å². The van der Waals surface area contributed by atoms with Gasteiger partial charge in [0.05, 0.1) is 17.4 Å². The molecule has 0 amide bonds. The molecule has 3 aromatic rings. The fourth-order valence-corrected chi connectivity index (χ4v) is 4.62. The number of carboxylic acids is 1. The van der Waals surface area contributed by atoms with Gasteiger partial charge in [-0.25, -0.2) is 17.9 Å². The van der Waals surface area contributed by atoms with E-state index < -0.39 is 21.9 Å². The minimum atomic E-state index is -3.72. The predicted molar refractivity (Wildman–Crippen MR) is 134 cm³/mol. The van der Waals surface area contributed by atoms with Crippen molar-refractivity contribution < 1.29 is 23.1 Å². The topological polar surface area (TPSA) is 182 Å². The summed E-state index contributed by atoms with van der Waals surface area (Å²) >= 11 is 0. The number of aromatic amines is 1. The van der Waals surface area contributed by atoms with Crippen molar-refractivity contribution in [1.82, 2.24) is 24.2 Å². The molecule has 0 aliphatic heterocycles. The lowest BCUT2D eigenvalue weighted by Gasteiger charge is -2.09. The minimum absolute atomic E-state index is 0.102. The molecule has 1 atom stereocenters. The fourth-order valence-electron chi connectivity index (χ4n) is 3.54. The monoisotopic (exact) mass is 520 g/mol. The molecule has 36 heavy (non-hydrogen) atoms. The Kier molecular flexibility index (Phi) is 9.04. The van der Waals surface area contributed by atoms with Crippen LogP contribution in [0.3, 0.4) is 0 Å². The molecule has 3 rings (SSSR count). The lowest BCUT2D eigenvalue weighted by Crippen LogP contribution is -2.25. The molecule has 0 bridgehead atoms. The number of aryl methyl sites for hydroxylation is 1. The Hall–Kier alpha value is -3.45. The Morgan fingerprint density at radius 3 is 2.61 bits per heavy atom. The summed E-state index contributed by atoms with van der Waals surface area (Å²) in [6, 6.07) is 6.26. The number of hydrogen-bond acceptors (Lipinski definition) is 8. The molecule has 0 fully saturated rings. The van der Waals surface area contributed by atoms with Gasteiger partial charge < -0.3 is 20.6 Å². The van der Waals surface area contributed by atoms with Gasteiger partial charge in [0.15, 0.2) is 11.5 Å². The summed E-state index contributed by atoms with van der Waals surface area (Å²) in [5.74, 6) is -1.34. The van der Waals surface area contributed by atoms with Crippen molar-refractivity contribution in [2.45, 2.75) is 57.4 Å². The molecule has 0 spiro atoms.